The molecule has 4 heteroatoms. The molecule has 0 aromatic heterocycles. The second-order valence-electron chi connectivity index (χ2n) is 8.88. The molecule has 3 nitrogen and oxygen atoms in total. The fourth-order valence-corrected chi connectivity index (χ4v) is 5.43. The van der Waals surface area contributed by atoms with E-state index in [-0.39, 0.29) is 24.8 Å². The van der Waals surface area contributed by atoms with Crippen LogP contribution < -0.4 is 5.73 Å². The molecule has 4 aliphatic rings. The van der Waals surface area contributed by atoms with Crippen molar-refractivity contribution in [2.24, 2.45) is 23.0 Å². The summed E-state index contributed by atoms with van der Waals surface area (Å²) in [6.07, 6.45) is 4.47. The van der Waals surface area contributed by atoms with Gasteiger partial charge in [-0.3, -0.25) is 0 Å². The maximum absolute atomic E-state index is 6.49. The van der Waals surface area contributed by atoms with Crippen LogP contribution in [0.3, 0.4) is 0 Å². The number of hydrogen-bond donors (Lipinski definition) is 1. The zero-order valence-electron chi connectivity index (χ0n) is 15.4. The van der Waals surface area contributed by atoms with Crippen molar-refractivity contribution >= 4 is 7.12 Å². The number of nitrogens with two attached hydrogens (primary N) is 1. The summed E-state index contributed by atoms with van der Waals surface area (Å²) in [6, 6.07) is 8.70. The zero-order chi connectivity index (χ0) is 17.1. The molecule has 1 aliphatic heterocycles. The average Bonchev–Trinajstić information content (AvgIpc) is 2.92. The van der Waals surface area contributed by atoms with E-state index in [0.29, 0.717) is 11.3 Å². The summed E-state index contributed by atoms with van der Waals surface area (Å²) in [7, 11) is -0.277. The summed E-state index contributed by atoms with van der Waals surface area (Å²) in [5.74, 6) is 1.26. The highest BCUT2D eigenvalue weighted by atomic mass is 16.7. The van der Waals surface area contributed by atoms with E-state index in [1.807, 2.05) is 0 Å². The van der Waals surface area contributed by atoms with Crippen LogP contribution in [0.2, 0.25) is 0 Å². The quantitative estimate of drug-likeness (QED) is 0.862. The first-order chi connectivity index (χ1) is 11.3. The van der Waals surface area contributed by atoms with Crippen molar-refractivity contribution in [3.05, 3.63) is 35.4 Å². The van der Waals surface area contributed by atoms with Crippen molar-refractivity contribution in [1.29, 1.82) is 0 Å². The van der Waals surface area contributed by atoms with Crippen molar-refractivity contribution in [2.45, 2.75) is 71.0 Å². The molecule has 2 N–H and O–H groups in total. The zero-order valence-corrected chi connectivity index (χ0v) is 15.4. The highest BCUT2D eigenvalue weighted by Gasteiger charge is 2.68. The van der Waals surface area contributed by atoms with Crippen molar-refractivity contribution in [2.75, 3.05) is 0 Å². The monoisotopic (exact) mass is 327 g/mol. The predicted molar refractivity (Wildman–Crippen MR) is 97.6 cm³/mol. The van der Waals surface area contributed by atoms with Crippen LogP contribution >= 0.6 is 0 Å². The standard InChI is InChI=1S/C20H30BNO2/c1-5-13-7-6-8-14(9-13)10-18(22)21-23-17-12-15-11-16(19(15,2)3)20(17,4)24-21/h6-9,15-18H,5,10-12,22H2,1-4H3/t15-,16-,17+,18?,20-/m0/s1. The molecule has 0 radical (unpaired) electrons. The van der Waals surface area contributed by atoms with Gasteiger partial charge in [-0.25, -0.2) is 0 Å². The molecule has 130 valence electrons. The molecule has 4 fully saturated rings. The third kappa shape index (κ3) is 2.38. The molecule has 1 saturated heterocycles. The minimum Gasteiger partial charge on any atom is -0.404 e. The molecule has 3 aliphatic carbocycles. The molecule has 0 amide bonds. The van der Waals surface area contributed by atoms with E-state index in [1.165, 1.54) is 17.5 Å². The Morgan fingerprint density at radius 3 is 2.71 bits per heavy atom. The van der Waals surface area contributed by atoms with Crippen LogP contribution in [0.4, 0.5) is 0 Å². The molecule has 2 bridgehead atoms. The molecule has 3 saturated carbocycles. The van der Waals surface area contributed by atoms with E-state index >= 15 is 0 Å². The largest absolute Gasteiger partial charge is 0.475 e. The molecule has 1 unspecified atom stereocenters. The predicted octanol–water partition coefficient (Wildman–Crippen LogP) is 3.39. The lowest BCUT2D eigenvalue weighted by Crippen LogP contribution is -2.65. The Labute approximate surface area is 146 Å². The van der Waals surface area contributed by atoms with Gasteiger partial charge in [0.2, 0.25) is 0 Å². The van der Waals surface area contributed by atoms with Crippen LogP contribution in [0.1, 0.15) is 51.7 Å². The molecule has 0 spiro atoms. The van der Waals surface area contributed by atoms with Crippen LogP contribution in [0.25, 0.3) is 0 Å². The lowest BCUT2D eigenvalue weighted by molar-refractivity contribution is -0.199. The van der Waals surface area contributed by atoms with Gasteiger partial charge >= 0.3 is 7.12 Å². The Bertz CT molecular complexity index is 634. The normalized spacial score (nSPS) is 37.7. The highest BCUT2D eigenvalue weighted by Crippen LogP contribution is 2.65. The molecule has 5 rings (SSSR count). The molecular weight excluding hydrogens is 297 g/mol. The molecule has 1 aromatic rings. The molecule has 5 atom stereocenters. The summed E-state index contributed by atoms with van der Waals surface area (Å²) >= 11 is 0. The SMILES string of the molecule is CCc1cccc(CC(N)B2O[C@@H]3C[C@@H]4C[C@@H](C4(C)C)[C@]3(C)O2)c1. The minimum absolute atomic E-state index is 0.111. The summed E-state index contributed by atoms with van der Waals surface area (Å²) < 4.78 is 12.8. The highest BCUT2D eigenvalue weighted by molar-refractivity contribution is 6.47. The maximum atomic E-state index is 6.49. The van der Waals surface area contributed by atoms with Gasteiger partial charge in [0.05, 0.1) is 11.7 Å². The fourth-order valence-electron chi connectivity index (χ4n) is 5.43. The van der Waals surface area contributed by atoms with Gasteiger partial charge in [0.15, 0.2) is 0 Å². The van der Waals surface area contributed by atoms with Gasteiger partial charge in [-0.2, -0.15) is 0 Å². The van der Waals surface area contributed by atoms with Gasteiger partial charge in [-0.1, -0.05) is 45.0 Å². The average molecular weight is 327 g/mol. The second-order valence-corrected chi connectivity index (χ2v) is 8.88. The summed E-state index contributed by atoms with van der Waals surface area (Å²) in [6.45, 7) is 9.21. The third-order valence-corrected chi connectivity index (χ3v) is 7.19. The van der Waals surface area contributed by atoms with Crippen LogP contribution in [0.15, 0.2) is 24.3 Å². The van der Waals surface area contributed by atoms with E-state index in [4.69, 9.17) is 15.0 Å². The number of benzene rings is 1. The van der Waals surface area contributed by atoms with Crippen LogP contribution in [-0.2, 0) is 22.2 Å². The van der Waals surface area contributed by atoms with E-state index in [2.05, 4.69) is 52.0 Å². The van der Waals surface area contributed by atoms with E-state index in [1.54, 1.807) is 0 Å². The van der Waals surface area contributed by atoms with Crippen LogP contribution in [-0.4, -0.2) is 24.8 Å². The first-order valence-corrected chi connectivity index (χ1v) is 9.51. The van der Waals surface area contributed by atoms with Crippen LogP contribution in [0, 0.1) is 17.3 Å². The lowest BCUT2D eigenvalue weighted by Gasteiger charge is -2.64. The van der Waals surface area contributed by atoms with Gasteiger partial charge in [0.1, 0.15) is 0 Å². The molecule has 1 aromatic carbocycles. The third-order valence-electron chi connectivity index (χ3n) is 7.19. The number of rotatable bonds is 4. The molecular formula is C20H30BNO2. The van der Waals surface area contributed by atoms with Crippen molar-refractivity contribution in [1.82, 2.24) is 0 Å². The lowest BCUT2D eigenvalue weighted by atomic mass is 9.43. The smallest absolute Gasteiger partial charge is 0.404 e. The van der Waals surface area contributed by atoms with Gasteiger partial charge in [-0.15, -0.1) is 0 Å². The van der Waals surface area contributed by atoms with E-state index in [9.17, 15) is 0 Å². The molecule has 1 heterocycles. The van der Waals surface area contributed by atoms with Crippen molar-refractivity contribution < 1.29 is 9.31 Å². The Kier molecular flexibility index (Phi) is 3.87. The summed E-state index contributed by atoms with van der Waals surface area (Å²) in [5.41, 5.74) is 9.34. The Morgan fingerprint density at radius 2 is 2.00 bits per heavy atom. The Morgan fingerprint density at radius 1 is 1.25 bits per heavy atom. The van der Waals surface area contributed by atoms with Gasteiger partial charge < -0.3 is 15.0 Å². The van der Waals surface area contributed by atoms with Crippen LogP contribution in [0.5, 0.6) is 0 Å². The van der Waals surface area contributed by atoms with Gasteiger partial charge in [-0.05, 0) is 61.0 Å². The second kappa shape index (κ2) is 5.58. The Balaban J connectivity index is 1.46. The topological polar surface area (TPSA) is 44.5 Å². The van der Waals surface area contributed by atoms with E-state index in [0.717, 1.165) is 25.2 Å². The summed E-state index contributed by atoms with van der Waals surface area (Å²) in [4.78, 5) is 0. The Hall–Kier alpha value is -0.835. The van der Waals surface area contributed by atoms with Crippen molar-refractivity contribution in [3.8, 4) is 0 Å². The minimum atomic E-state index is -0.277. The number of hydrogen-bond acceptors (Lipinski definition) is 3. The maximum Gasteiger partial charge on any atom is 0.475 e. The van der Waals surface area contributed by atoms with Crippen molar-refractivity contribution in [3.63, 3.8) is 0 Å². The number of aryl methyl sites for hydroxylation is 1. The molecule has 24 heavy (non-hydrogen) atoms. The summed E-state index contributed by atoms with van der Waals surface area (Å²) in [5, 5.41) is 0. The van der Waals surface area contributed by atoms with Gasteiger partial charge in [0, 0.05) is 5.94 Å². The first-order valence-electron chi connectivity index (χ1n) is 9.51. The van der Waals surface area contributed by atoms with Gasteiger partial charge in [0.25, 0.3) is 0 Å². The first kappa shape index (κ1) is 16.6. The fraction of sp³-hybridized carbons (Fsp3) is 0.700. The van der Waals surface area contributed by atoms with E-state index < -0.39 is 0 Å².